The molecule has 0 aromatic heterocycles. The van der Waals surface area contributed by atoms with Crippen LogP contribution in [0, 0.1) is 11.3 Å². The first kappa shape index (κ1) is 9.48. The standard InChI is InChI=1S/C7H10ClNO/c1-2-3-4-10-6-7(8)5-9/h2,7H,1,3-4,6H2. The maximum atomic E-state index is 8.21. The first-order valence-corrected chi connectivity index (χ1v) is 3.47. The normalized spacial score (nSPS) is 12.0. The minimum Gasteiger partial charge on any atom is -0.378 e. The second-order valence-electron chi connectivity index (χ2n) is 1.75. The lowest BCUT2D eigenvalue weighted by atomic mass is 10.4. The van der Waals surface area contributed by atoms with Crippen molar-refractivity contribution in [2.24, 2.45) is 0 Å². The molecule has 56 valence electrons. The van der Waals surface area contributed by atoms with Crippen molar-refractivity contribution in [2.45, 2.75) is 11.8 Å². The Hall–Kier alpha value is -0.520. The number of nitriles is 1. The zero-order valence-corrected chi connectivity index (χ0v) is 6.47. The largest absolute Gasteiger partial charge is 0.378 e. The Labute approximate surface area is 66.0 Å². The zero-order valence-electron chi connectivity index (χ0n) is 5.72. The summed E-state index contributed by atoms with van der Waals surface area (Å²) >= 11 is 5.43. The van der Waals surface area contributed by atoms with Gasteiger partial charge in [-0.1, -0.05) is 6.08 Å². The molecule has 0 aromatic rings. The van der Waals surface area contributed by atoms with E-state index in [1.807, 2.05) is 6.07 Å². The molecule has 0 saturated heterocycles. The predicted octanol–water partition coefficient (Wildman–Crippen LogP) is 1.71. The Bertz CT molecular complexity index is 130. The van der Waals surface area contributed by atoms with Gasteiger partial charge in [0.05, 0.1) is 19.3 Å². The first-order chi connectivity index (χ1) is 4.81. The molecular formula is C7H10ClNO. The van der Waals surface area contributed by atoms with Crippen molar-refractivity contribution in [2.75, 3.05) is 13.2 Å². The summed E-state index contributed by atoms with van der Waals surface area (Å²) in [6.45, 7) is 4.41. The molecule has 0 aliphatic carbocycles. The number of hydrogen-bond acceptors (Lipinski definition) is 2. The van der Waals surface area contributed by atoms with Gasteiger partial charge in [-0.2, -0.15) is 5.26 Å². The van der Waals surface area contributed by atoms with Gasteiger partial charge in [-0.25, -0.2) is 0 Å². The van der Waals surface area contributed by atoms with E-state index in [-0.39, 0.29) is 0 Å². The van der Waals surface area contributed by atoms with Crippen LogP contribution < -0.4 is 0 Å². The van der Waals surface area contributed by atoms with Crippen molar-refractivity contribution < 1.29 is 4.74 Å². The van der Waals surface area contributed by atoms with Crippen molar-refractivity contribution >= 4 is 11.6 Å². The Kier molecular flexibility index (Phi) is 6.25. The average Bonchev–Trinajstić information content (AvgIpc) is 1.98. The molecule has 0 bridgehead atoms. The SMILES string of the molecule is C=CCCOCC(Cl)C#N. The van der Waals surface area contributed by atoms with E-state index in [1.165, 1.54) is 0 Å². The summed E-state index contributed by atoms with van der Waals surface area (Å²) in [5.74, 6) is 0. The highest BCUT2D eigenvalue weighted by molar-refractivity contribution is 6.22. The molecule has 0 saturated carbocycles. The van der Waals surface area contributed by atoms with Crippen LogP contribution in [-0.4, -0.2) is 18.6 Å². The highest BCUT2D eigenvalue weighted by atomic mass is 35.5. The van der Waals surface area contributed by atoms with Gasteiger partial charge in [0.15, 0.2) is 0 Å². The molecule has 0 fully saturated rings. The maximum absolute atomic E-state index is 8.21. The highest BCUT2D eigenvalue weighted by Crippen LogP contribution is 1.94. The number of ether oxygens (including phenoxy) is 1. The van der Waals surface area contributed by atoms with Crippen LogP contribution in [0.15, 0.2) is 12.7 Å². The van der Waals surface area contributed by atoms with Gasteiger partial charge in [0.2, 0.25) is 0 Å². The van der Waals surface area contributed by atoms with Crippen molar-refractivity contribution in [1.29, 1.82) is 5.26 Å². The Morgan fingerprint density at radius 2 is 2.50 bits per heavy atom. The summed E-state index contributed by atoms with van der Waals surface area (Å²) in [5.41, 5.74) is 0. The van der Waals surface area contributed by atoms with Crippen molar-refractivity contribution in [3.05, 3.63) is 12.7 Å². The maximum Gasteiger partial charge on any atom is 0.143 e. The summed E-state index contributed by atoms with van der Waals surface area (Å²) in [6.07, 6.45) is 2.56. The molecule has 0 radical (unpaired) electrons. The smallest absolute Gasteiger partial charge is 0.143 e. The fraction of sp³-hybridized carbons (Fsp3) is 0.571. The van der Waals surface area contributed by atoms with Crippen LogP contribution in [0.4, 0.5) is 0 Å². The van der Waals surface area contributed by atoms with E-state index in [2.05, 4.69) is 6.58 Å². The summed E-state index contributed by atoms with van der Waals surface area (Å²) < 4.78 is 5.00. The van der Waals surface area contributed by atoms with Gasteiger partial charge in [0.25, 0.3) is 0 Å². The second-order valence-corrected chi connectivity index (χ2v) is 2.28. The van der Waals surface area contributed by atoms with E-state index in [1.54, 1.807) is 6.08 Å². The fourth-order valence-corrected chi connectivity index (χ4v) is 0.480. The third-order valence-electron chi connectivity index (χ3n) is 0.871. The van der Waals surface area contributed by atoms with E-state index < -0.39 is 5.38 Å². The molecular weight excluding hydrogens is 150 g/mol. The van der Waals surface area contributed by atoms with Gasteiger partial charge in [-0.3, -0.25) is 0 Å². The number of halogens is 1. The monoisotopic (exact) mass is 159 g/mol. The van der Waals surface area contributed by atoms with Gasteiger partial charge in [-0.15, -0.1) is 18.2 Å². The van der Waals surface area contributed by atoms with E-state index in [0.717, 1.165) is 6.42 Å². The molecule has 0 amide bonds. The number of alkyl halides is 1. The average molecular weight is 160 g/mol. The van der Waals surface area contributed by atoms with Crippen LogP contribution in [0.3, 0.4) is 0 Å². The van der Waals surface area contributed by atoms with E-state index in [0.29, 0.717) is 13.2 Å². The second kappa shape index (κ2) is 6.60. The van der Waals surface area contributed by atoms with Crippen molar-refractivity contribution in [1.82, 2.24) is 0 Å². The third kappa shape index (κ3) is 5.61. The summed E-state index contributed by atoms with van der Waals surface area (Å²) in [6, 6.07) is 1.86. The van der Waals surface area contributed by atoms with Crippen LogP contribution >= 0.6 is 11.6 Å². The minimum atomic E-state index is -0.523. The molecule has 0 aliphatic heterocycles. The lowest BCUT2D eigenvalue weighted by Gasteiger charge is -2.00. The molecule has 1 unspecified atom stereocenters. The van der Waals surface area contributed by atoms with Crippen molar-refractivity contribution in [3.8, 4) is 6.07 Å². The van der Waals surface area contributed by atoms with Gasteiger partial charge < -0.3 is 4.74 Å². The lowest BCUT2D eigenvalue weighted by Crippen LogP contribution is -2.06. The summed E-state index contributed by atoms with van der Waals surface area (Å²) in [4.78, 5) is 0. The van der Waals surface area contributed by atoms with Crippen molar-refractivity contribution in [3.63, 3.8) is 0 Å². The Balaban J connectivity index is 3.05. The quantitative estimate of drug-likeness (QED) is 0.348. The van der Waals surface area contributed by atoms with Gasteiger partial charge in [0, 0.05) is 0 Å². The van der Waals surface area contributed by atoms with Gasteiger partial charge >= 0.3 is 0 Å². The lowest BCUT2D eigenvalue weighted by molar-refractivity contribution is 0.146. The number of rotatable bonds is 5. The zero-order chi connectivity index (χ0) is 7.82. The van der Waals surface area contributed by atoms with Crippen LogP contribution in [0.5, 0.6) is 0 Å². The van der Waals surface area contributed by atoms with Gasteiger partial charge in [0.1, 0.15) is 5.38 Å². The van der Waals surface area contributed by atoms with Crippen LogP contribution in [-0.2, 0) is 4.74 Å². The molecule has 10 heavy (non-hydrogen) atoms. The molecule has 0 aliphatic rings. The Morgan fingerprint density at radius 3 is 3.00 bits per heavy atom. The molecule has 0 heterocycles. The van der Waals surface area contributed by atoms with E-state index in [4.69, 9.17) is 21.6 Å². The van der Waals surface area contributed by atoms with Crippen LogP contribution in [0.1, 0.15) is 6.42 Å². The van der Waals surface area contributed by atoms with E-state index >= 15 is 0 Å². The molecule has 0 spiro atoms. The van der Waals surface area contributed by atoms with Crippen LogP contribution in [0.2, 0.25) is 0 Å². The minimum absolute atomic E-state index is 0.298. The summed E-state index contributed by atoms with van der Waals surface area (Å²) in [7, 11) is 0. The van der Waals surface area contributed by atoms with Gasteiger partial charge in [-0.05, 0) is 6.42 Å². The fourth-order valence-electron chi connectivity index (χ4n) is 0.391. The van der Waals surface area contributed by atoms with E-state index in [9.17, 15) is 0 Å². The molecule has 0 N–H and O–H groups in total. The topological polar surface area (TPSA) is 33.0 Å². The molecule has 2 nitrogen and oxygen atoms in total. The molecule has 3 heteroatoms. The third-order valence-corrected chi connectivity index (χ3v) is 1.09. The summed E-state index contributed by atoms with van der Waals surface area (Å²) in [5, 5.41) is 7.69. The molecule has 0 rings (SSSR count). The number of hydrogen-bond donors (Lipinski definition) is 0. The van der Waals surface area contributed by atoms with Crippen LogP contribution in [0.25, 0.3) is 0 Å². The molecule has 1 atom stereocenters. The first-order valence-electron chi connectivity index (χ1n) is 3.03. The Morgan fingerprint density at radius 1 is 1.80 bits per heavy atom. The number of nitrogens with zero attached hydrogens (tertiary/aromatic N) is 1. The predicted molar refractivity (Wildman–Crippen MR) is 40.9 cm³/mol. The highest BCUT2D eigenvalue weighted by Gasteiger charge is 1.99. The molecule has 0 aromatic carbocycles.